The van der Waals surface area contributed by atoms with Crippen LogP contribution < -0.4 is 0 Å². The molecule has 1 aromatic rings. The lowest BCUT2D eigenvalue weighted by molar-refractivity contribution is -0.134. The normalized spacial score (nSPS) is 20.2. The largest absolute Gasteiger partial charge is 0.427 e. The minimum atomic E-state index is -4.30. The average Bonchev–Trinajstić information content (AvgIpc) is 2.79. The number of aromatic nitrogens is 1. The Morgan fingerprint density at radius 1 is 1.30 bits per heavy atom. The Morgan fingerprint density at radius 2 is 1.90 bits per heavy atom. The first kappa shape index (κ1) is 15.7. The van der Waals surface area contributed by atoms with Crippen LogP contribution in [0.4, 0.5) is 13.2 Å². The highest BCUT2D eigenvalue weighted by atomic mass is 32.1. The second kappa shape index (κ2) is 6.38. The quantitative estimate of drug-likeness (QED) is 0.918. The van der Waals surface area contributed by atoms with Crippen LogP contribution in [0.5, 0.6) is 0 Å². The van der Waals surface area contributed by atoms with Crippen molar-refractivity contribution in [3.63, 3.8) is 0 Å². The first-order chi connectivity index (χ1) is 9.34. The summed E-state index contributed by atoms with van der Waals surface area (Å²) in [5.74, 6) is 0. The molecule has 1 aliphatic heterocycles. The predicted octanol–water partition coefficient (Wildman–Crippen LogP) is 1.66. The molecule has 0 bridgehead atoms. The Morgan fingerprint density at radius 3 is 2.40 bits per heavy atom. The number of piperazine rings is 1. The van der Waals surface area contributed by atoms with Gasteiger partial charge in [-0.1, -0.05) is 0 Å². The molecule has 0 aromatic carbocycles. The van der Waals surface area contributed by atoms with Crippen LogP contribution in [0.2, 0.25) is 0 Å². The molecule has 1 aliphatic rings. The molecule has 1 atom stereocenters. The van der Waals surface area contributed by atoms with Crippen molar-refractivity contribution >= 4 is 11.3 Å². The first-order valence-corrected chi connectivity index (χ1v) is 7.31. The van der Waals surface area contributed by atoms with Crippen molar-refractivity contribution in [1.29, 1.82) is 0 Å². The molecule has 114 valence electrons. The van der Waals surface area contributed by atoms with Crippen molar-refractivity contribution in [2.24, 2.45) is 0 Å². The van der Waals surface area contributed by atoms with Crippen LogP contribution >= 0.6 is 11.3 Å². The van der Waals surface area contributed by atoms with Crippen LogP contribution in [-0.4, -0.2) is 58.7 Å². The predicted molar refractivity (Wildman–Crippen MR) is 70.5 cm³/mol. The summed E-state index contributed by atoms with van der Waals surface area (Å²) in [6.45, 7) is 6.07. The highest BCUT2D eigenvalue weighted by Crippen LogP contribution is 2.33. The van der Waals surface area contributed by atoms with Gasteiger partial charge in [-0.05, 0) is 6.92 Å². The number of alkyl halides is 3. The Hall–Kier alpha value is -0.700. The van der Waals surface area contributed by atoms with E-state index in [-0.39, 0.29) is 6.10 Å². The monoisotopic (exact) mass is 309 g/mol. The number of halogens is 3. The lowest BCUT2D eigenvalue weighted by Crippen LogP contribution is -2.47. The second-order valence-corrected chi connectivity index (χ2v) is 6.16. The molecule has 2 heterocycles. The van der Waals surface area contributed by atoms with E-state index in [1.165, 1.54) is 0 Å². The van der Waals surface area contributed by atoms with E-state index in [0.29, 0.717) is 29.4 Å². The highest BCUT2D eigenvalue weighted by Gasteiger charge is 2.33. The number of thiazole rings is 1. The molecule has 8 heteroatoms. The number of nitrogens with zero attached hydrogens (tertiary/aromatic N) is 3. The third-order valence-electron chi connectivity index (χ3n) is 3.18. The Kier molecular flexibility index (Phi) is 5.00. The highest BCUT2D eigenvalue weighted by molar-refractivity contribution is 7.11. The van der Waals surface area contributed by atoms with Crippen LogP contribution in [0.1, 0.15) is 16.8 Å². The number of hydrogen-bond donors (Lipinski definition) is 1. The molecule has 0 aliphatic carbocycles. The summed E-state index contributed by atoms with van der Waals surface area (Å²) in [6, 6.07) is 0. The van der Waals surface area contributed by atoms with E-state index in [4.69, 9.17) is 0 Å². The summed E-state index contributed by atoms with van der Waals surface area (Å²) in [6.07, 6.45) is -3.75. The molecule has 20 heavy (non-hydrogen) atoms. The molecular weight excluding hydrogens is 291 g/mol. The van der Waals surface area contributed by atoms with E-state index in [1.807, 2.05) is 0 Å². The second-order valence-electron chi connectivity index (χ2n) is 5.04. The number of aliphatic hydroxyl groups is 1. The van der Waals surface area contributed by atoms with Crippen molar-refractivity contribution in [2.75, 3.05) is 32.7 Å². The summed E-state index contributed by atoms with van der Waals surface area (Å²) in [5.41, 5.74) is 0. The third-order valence-corrected chi connectivity index (χ3v) is 4.21. The topological polar surface area (TPSA) is 39.6 Å². The molecule has 0 radical (unpaired) electrons. The van der Waals surface area contributed by atoms with E-state index in [9.17, 15) is 18.3 Å². The van der Waals surface area contributed by atoms with E-state index in [1.54, 1.807) is 6.92 Å². The fourth-order valence-corrected chi connectivity index (χ4v) is 3.04. The summed E-state index contributed by atoms with van der Waals surface area (Å²) in [5, 5.41) is 9.82. The molecule has 1 N–H and O–H groups in total. The zero-order valence-electron chi connectivity index (χ0n) is 11.2. The van der Waals surface area contributed by atoms with Gasteiger partial charge in [-0.2, -0.15) is 13.2 Å². The van der Waals surface area contributed by atoms with Gasteiger partial charge < -0.3 is 5.11 Å². The van der Waals surface area contributed by atoms with Gasteiger partial charge in [0.05, 0.1) is 18.8 Å². The standard InChI is InChI=1S/C12H18F3N3OS/c1-9(19)7-17-2-4-18(5-3-17)8-11-16-6-10(20-11)12(13,14)15/h6,9,19H,2-5,7-8H2,1H3/t9-/m0/s1. The number of aliphatic hydroxyl groups excluding tert-OH is 1. The fraction of sp³-hybridized carbons (Fsp3) is 0.750. The minimum absolute atomic E-state index is 0.352. The van der Waals surface area contributed by atoms with Crippen molar-refractivity contribution in [2.45, 2.75) is 25.7 Å². The molecule has 0 unspecified atom stereocenters. The van der Waals surface area contributed by atoms with Gasteiger partial charge in [0.25, 0.3) is 0 Å². The molecule has 1 fully saturated rings. The van der Waals surface area contributed by atoms with E-state index in [0.717, 1.165) is 32.4 Å². The third kappa shape index (κ3) is 4.41. The summed E-state index contributed by atoms with van der Waals surface area (Å²) >= 11 is 0.714. The molecule has 1 saturated heterocycles. The Balaban J connectivity index is 1.82. The summed E-state index contributed by atoms with van der Waals surface area (Å²) in [4.78, 5) is 7.46. The maximum absolute atomic E-state index is 12.5. The maximum atomic E-state index is 12.5. The average molecular weight is 309 g/mol. The fourth-order valence-electron chi connectivity index (χ4n) is 2.21. The van der Waals surface area contributed by atoms with E-state index < -0.39 is 11.1 Å². The van der Waals surface area contributed by atoms with Gasteiger partial charge >= 0.3 is 6.18 Å². The van der Waals surface area contributed by atoms with Gasteiger partial charge in [0.1, 0.15) is 9.88 Å². The Labute approximate surface area is 119 Å². The van der Waals surface area contributed by atoms with Gasteiger partial charge in [-0.3, -0.25) is 9.80 Å². The van der Waals surface area contributed by atoms with Gasteiger partial charge in [-0.15, -0.1) is 11.3 Å². The number of rotatable bonds is 4. The lowest BCUT2D eigenvalue weighted by Gasteiger charge is -2.34. The zero-order valence-corrected chi connectivity index (χ0v) is 12.0. The molecule has 2 rings (SSSR count). The van der Waals surface area contributed by atoms with Crippen LogP contribution in [0, 0.1) is 0 Å². The van der Waals surface area contributed by atoms with Crippen LogP contribution in [-0.2, 0) is 12.7 Å². The SMILES string of the molecule is C[C@H](O)CN1CCN(Cc2ncc(C(F)(F)F)s2)CC1. The van der Waals surface area contributed by atoms with Gasteiger partial charge in [-0.25, -0.2) is 4.98 Å². The molecule has 1 aromatic heterocycles. The molecule has 4 nitrogen and oxygen atoms in total. The van der Waals surface area contributed by atoms with Crippen molar-refractivity contribution in [1.82, 2.24) is 14.8 Å². The van der Waals surface area contributed by atoms with Crippen molar-refractivity contribution in [3.8, 4) is 0 Å². The molecular formula is C12H18F3N3OS. The smallest absolute Gasteiger partial charge is 0.392 e. The number of β-amino-alcohol motifs (C(OH)–C–C–N with tert-alkyl or cyclic N) is 1. The summed E-state index contributed by atoms with van der Waals surface area (Å²) < 4.78 is 37.4. The van der Waals surface area contributed by atoms with Crippen molar-refractivity contribution in [3.05, 3.63) is 16.1 Å². The lowest BCUT2D eigenvalue weighted by atomic mass is 10.3. The molecule has 0 spiro atoms. The van der Waals surface area contributed by atoms with Gasteiger partial charge in [0.15, 0.2) is 0 Å². The maximum Gasteiger partial charge on any atom is 0.427 e. The minimum Gasteiger partial charge on any atom is -0.392 e. The van der Waals surface area contributed by atoms with E-state index >= 15 is 0 Å². The summed E-state index contributed by atoms with van der Waals surface area (Å²) in [7, 11) is 0. The van der Waals surface area contributed by atoms with Crippen molar-refractivity contribution < 1.29 is 18.3 Å². The zero-order chi connectivity index (χ0) is 14.8. The Bertz CT molecular complexity index is 428. The van der Waals surface area contributed by atoms with Crippen LogP contribution in [0.15, 0.2) is 6.20 Å². The first-order valence-electron chi connectivity index (χ1n) is 6.49. The molecule has 0 amide bonds. The van der Waals surface area contributed by atoms with Crippen LogP contribution in [0.25, 0.3) is 0 Å². The van der Waals surface area contributed by atoms with Crippen LogP contribution in [0.3, 0.4) is 0 Å². The molecule has 0 saturated carbocycles. The van der Waals surface area contributed by atoms with E-state index in [2.05, 4.69) is 14.8 Å². The number of hydrogen-bond acceptors (Lipinski definition) is 5. The van der Waals surface area contributed by atoms with Gasteiger partial charge in [0, 0.05) is 32.7 Å². The van der Waals surface area contributed by atoms with Gasteiger partial charge in [0.2, 0.25) is 0 Å².